The number of hydrogen-bond donors (Lipinski definition) is 0. The van der Waals surface area contributed by atoms with E-state index in [9.17, 15) is 4.79 Å². The van der Waals surface area contributed by atoms with Gasteiger partial charge in [-0.15, -0.1) is 0 Å². The summed E-state index contributed by atoms with van der Waals surface area (Å²) >= 11 is 0. The van der Waals surface area contributed by atoms with Crippen LogP contribution in [0.15, 0.2) is 91.0 Å². The molecule has 3 aromatic carbocycles. The fourth-order valence-electron chi connectivity index (χ4n) is 2.44. The second-order valence-corrected chi connectivity index (χ2v) is 7.72. The molecule has 0 saturated heterocycles. The fraction of sp³-hybridized carbons (Fsp3) is 0.174. The number of carbonyl (C=O) groups excluding carboxylic acids is 1. The summed E-state index contributed by atoms with van der Waals surface area (Å²) in [6.45, 7) is 4.07. The van der Waals surface area contributed by atoms with E-state index < -0.39 is 7.92 Å². The first-order chi connectivity index (χ1) is 12.8. The molecule has 26 heavy (non-hydrogen) atoms. The fourth-order valence-corrected chi connectivity index (χ4v) is 4.75. The summed E-state index contributed by atoms with van der Waals surface area (Å²) in [6, 6.07) is 32.3. The summed E-state index contributed by atoms with van der Waals surface area (Å²) in [5.41, 5.74) is 0. The van der Waals surface area contributed by atoms with Gasteiger partial charge in [-0.3, -0.25) is 4.79 Å². The van der Waals surface area contributed by atoms with Gasteiger partial charge in [-0.05, 0) is 30.8 Å². The minimum Gasteiger partial charge on any atom is -0.466 e. The van der Waals surface area contributed by atoms with Crippen molar-refractivity contribution in [3.8, 4) is 0 Å². The molecule has 0 amide bonds. The monoisotopic (exact) mass is 364 g/mol. The number of benzene rings is 3. The third-order valence-electron chi connectivity index (χ3n) is 3.64. The molecule has 0 heterocycles. The van der Waals surface area contributed by atoms with Crippen LogP contribution in [0.1, 0.15) is 20.3 Å². The van der Waals surface area contributed by atoms with Crippen molar-refractivity contribution >= 4 is 29.8 Å². The molecule has 3 heteroatoms. The lowest BCUT2D eigenvalue weighted by Crippen LogP contribution is -2.20. The topological polar surface area (TPSA) is 26.3 Å². The highest BCUT2D eigenvalue weighted by Crippen LogP contribution is 2.32. The average molecular weight is 364 g/mol. The lowest BCUT2D eigenvalue weighted by atomic mass is 10.4. The number of carbonyl (C=O) groups is 1. The number of esters is 1. The highest BCUT2D eigenvalue weighted by atomic mass is 31.1. The van der Waals surface area contributed by atoms with Crippen molar-refractivity contribution in [3.05, 3.63) is 91.0 Å². The van der Waals surface area contributed by atoms with Crippen LogP contribution in [0, 0.1) is 0 Å². The second kappa shape index (κ2) is 11.2. The quantitative estimate of drug-likeness (QED) is 0.495. The van der Waals surface area contributed by atoms with E-state index in [-0.39, 0.29) is 5.97 Å². The average Bonchev–Trinajstić information content (AvgIpc) is 2.71. The van der Waals surface area contributed by atoms with Gasteiger partial charge in [-0.2, -0.15) is 0 Å². The van der Waals surface area contributed by atoms with Crippen LogP contribution in [0.2, 0.25) is 0 Å². The normalized spacial score (nSPS) is 9.96. The third-order valence-corrected chi connectivity index (χ3v) is 6.08. The molecule has 0 aliphatic heterocycles. The predicted molar refractivity (Wildman–Crippen MR) is 112 cm³/mol. The molecule has 3 rings (SSSR count). The van der Waals surface area contributed by atoms with E-state index in [1.807, 2.05) is 0 Å². The van der Waals surface area contributed by atoms with Gasteiger partial charge in [0, 0.05) is 6.42 Å². The molecule has 0 aliphatic rings. The van der Waals surface area contributed by atoms with Crippen LogP contribution in [0.25, 0.3) is 0 Å². The van der Waals surface area contributed by atoms with Gasteiger partial charge < -0.3 is 4.74 Å². The van der Waals surface area contributed by atoms with Gasteiger partial charge in [0.2, 0.25) is 0 Å². The first kappa shape index (κ1) is 19.9. The van der Waals surface area contributed by atoms with Crippen molar-refractivity contribution in [3.63, 3.8) is 0 Å². The molecule has 0 spiro atoms. The standard InChI is InChI=1S/C18H15P.C5H10O2/c1-4-10-16(11-5-1)19(17-12-6-2-7-13-17)18-14-8-3-9-15-18;1-3-5(6)7-4-2/h1-15H;3-4H2,1-2H3. The van der Waals surface area contributed by atoms with Gasteiger partial charge >= 0.3 is 5.97 Å². The maximum Gasteiger partial charge on any atom is 0.305 e. The van der Waals surface area contributed by atoms with Crippen molar-refractivity contribution in [2.75, 3.05) is 6.61 Å². The largest absolute Gasteiger partial charge is 0.466 e. The van der Waals surface area contributed by atoms with Crippen molar-refractivity contribution in [2.45, 2.75) is 20.3 Å². The molecule has 0 bridgehead atoms. The van der Waals surface area contributed by atoms with Crippen LogP contribution >= 0.6 is 7.92 Å². The Morgan fingerprint density at radius 1 is 0.692 bits per heavy atom. The van der Waals surface area contributed by atoms with Crippen LogP contribution < -0.4 is 15.9 Å². The van der Waals surface area contributed by atoms with Gasteiger partial charge in [-0.1, -0.05) is 97.9 Å². The molecule has 3 aromatic rings. The Bertz CT molecular complexity index is 664. The highest BCUT2D eigenvalue weighted by molar-refractivity contribution is 7.79. The minimum absolute atomic E-state index is 0.123. The summed E-state index contributed by atoms with van der Waals surface area (Å²) in [6.07, 6.45) is 0.480. The predicted octanol–water partition coefficient (Wildman–Crippen LogP) is 4.40. The van der Waals surface area contributed by atoms with Crippen LogP contribution in [-0.2, 0) is 9.53 Å². The Morgan fingerprint density at radius 3 is 1.27 bits per heavy atom. The van der Waals surface area contributed by atoms with E-state index in [0.29, 0.717) is 13.0 Å². The second-order valence-electron chi connectivity index (χ2n) is 5.50. The van der Waals surface area contributed by atoms with E-state index in [4.69, 9.17) is 0 Å². The zero-order chi connectivity index (χ0) is 18.6. The van der Waals surface area contributed by atoms with Gasteiger partial charge in [0.25, 0.3) is 0 Å². The molecule has 0 atom stereocenters. The molecule has 0 unspecified atom stereocenters. The zero-order valence-corrected chi connectivity index (χ0v) is 16.2. The van der Waals surface area contributed by atoms with Crippen LogP contribution in [0.4, 0.5) is 0 Å². The van der Waals surface area contributed by atoms with Crippen LogP contribution in [0.3, 0.4) is 0 Å². The molecular weight excluding hydrogens is 339 g/mol. The van der Waals surface area contributed by atoms with E-state index in [0.717, 1.165) is 0 Å². The van der Waals surface area contributed by atoms with Crippen molar-refractivity contribution in [1.82, 2.24) is 0 Å². The van der Waals surface area contributed by atoms with Crippen molar-refractivity contribution in [2.24, 2.45) is 0 Å². The van der Waals surface area contributed by atoms with E-state index in [2.05, 4.69) is 95.7 Å². The van der Waals surface area contributed by atoms with E-state index in [1.54, 1.807) is 13.8 Å². The Balaban J connectivity index is 0.000000298. The molecule has 0 radical (unpaired) electrons. The van der Waals surface area contributed by atoms with Gasteiger partial charge in [0.15, 0.2) is 0 Å². The Morgan fingerprint density at radius 2 is 1.04 bits per heavy atom. The molecule has 134 valence electrons. The minimum atomic E-state index is -0.446. The van der Waals surface area contributed by atoms with E-state index >= 15 is 0 Å². The number of hydrogen-bond acceptors (Lipinski definition) is 2. The highest BCUT2D eigenvalue weighted by Gasteiger charge is 2.14. The molecule has 0 fully saturated rings. The Labute approximate surface area is 157 Å². The molecule has 0 aromatic heterocycles. The number of ether oxygens (including phenoxy) is 1. The summed E-state index contributed by atoms with van der Waals surface area (Å²) in [7, 11) is -0.446. The zero-order valence-electron chi connectivity index (χ0n) is 15.3. The van der Waals surface area contributed by atoms with Crippen LogP contribution in [0.5, 0.6) is 0 Å². The lowest BCUT2D eigenvalue weighted by molar-refractivity contribution is -0.142. The van der Waals surface area contributed by atoms with Gasteiger partial charge in [0.05, 0.1) is 6.61 Å². The molecule has 0 aliphatic carbocycles. The number of rotatable bonds is 5. The van der Waals surface area contributed by atoms with Crippen LogP contribution in [-0.4, -0.2) is 12.6 Å². The summed E-state index contributed by atoms with van der Waals surface area (Å²) in [5.74, 6) is -0.123. The summed E-state index contributed by atoms with van der Waals surface area (Å²) in [4.78, 5) is 10.2. The Kier molecular flexibility index (Phi) is 8.59. The van der Waals surface area contributed by atoms with E-state index in [1.165, 1.54) is 15.9 Å². The third kappa shape index (κ3) is 6.13. The molecule has 0 N–H and O–H groups in total. The first-order valence-electron chi connectivity index (χ1n) is 8.87. The molecule has 0 saturated carbocycles. The van der Waals surface area contributed by atoms with Gasteiger partial charge in [0.1, 0.15) is 0 Å². The molecule has 2 nitrogen and oxygen atoms in total. The summed E-state index contributed by atoms with van der Waals surface area (Å²) in [5, 5.41) is 4.19. The Hall–Kier alpha value is -2.44. The maximum atomic E-state index is 10.2. The summed E-state index contributed by atoms with van der Waals surface area (Å²) < 4.78 is 4.55. The lowest BCUT2D eigenvalue weighted by Gasteiger charge is -2.18. The first-order valence-corrected chi connectivity index (χ1v) is 10.2. The van der Waals surface area contributed by atoms with Crippen molar-refractivity contribution < 1.29 is 9.53 Å². The SMILES string of the molecule is CCOC(=O)CC.c1ccc(P(c2ccccc2)c2ccccc2)cc1. The molecular formula is C23H25O2P. The smallest absolute Gasteiger partial charge is 0.305 e. The maximum absolute atomic E-state index is 10.2. The van der Waals surface area contributed by atoms with Crippen molar-refractivity contribution in [1.29, 1.82) is 0 Å². The van der Waals surface area contributed by atoms with Gasteiger partial charge in [-0.25, -0.2) is 0 Å².